The third kappa shape index (κ3) is 6.47. The van der Waals surface area contributed by atoms with E-state index in [-0.39, 0.29) is 29.9 Å². The lowest BCUT2D eigenvalue weighted by Crippen LogP contribution is -2.41. The number of nitrogens with one attached hydrogen (secondary N) is 1. The second-order valence-corrected chi connectivity index (χ2v) is 7.81. The minimum atomic E-state index is -0.341. The van der Waals surface area contributed by atoms with Crippen molar-refractivity contribution in [3.05, 3.63) is 30.1 Å². The molecule has 0 saturated heterocycles. The molecule has 0 saturated carbocycles. The minimum absolute atomic E-state index is 0.0591. The molecule has 0 fully saturated rings. The van der Waals surface area contributed by atoms with E-state index in [2.05, 4.69) is 15.5 Å². The Balaban J connectivity index is 1.83. The lowest BCUT2D eigenvalue weighted by molar-refractivity contribution is -0.137. The van der Waals surface area contributed by atoms with Crippen LogP contribution in [0.15, 0.2) is 28.6 Å². The van der Waals surface area contributed by atoms with E-state index in [1.807, 2.05) is 13.8 Å². The molecule has 1 aromatic carbocycles. The number of amides is 2. The molecule has 0 aliphatic rings. The molecule has 10 heteroatoms. The van der Waals surface area contributed by atoms with Gasteiger partial charge in [-0.2, -0.15) is 0 Å². The van der Waals surface area contributed by atoms with Gasteiger partial charge in [0.05, 0.1) is 12.3 Å². The summed E-state index contributed by atoms with van der Waals surface area (Å²) in [5, 5.41) is 11.5. The Morgan fingerprint density at radius 3 is 2.63 bits per heavy atom. The zero-order chi connectivity index (χ0) is 19.8. The Bertz CT molecular complexity index is 782. The van der Waals surface area contributed by atoms with E-state index < -0.39 is 0 Å². The van der Waals surface area contributed by atoms with E-state index in [1.165, 1.54) is 40.1 Å². The van der Waals surface area contributed by atoms with Crippen LogP contribution in [0.2, 0.25) is 0 Å². The van der Waals surface area contributed by atoms with Crippen molar-refractivity contribution in [2.24, 2.45) is 0 Å². The molecule has 1 heterocycles. The predicted octanol–water partition coefficient (Wildman–Crippen LogP) is 2.84. The topological polar surface area (TPSA) is 78.4 Å². The van der Waals surface area contributed by atoms with Crippen LogP contribution in [0.1, 0.15) is 13.8 Å². The van der Waals surface area contributed by atoms with Crippen LogP contribution in [0.3, 0.4) is 0 Å². The largest absolute Gasteiger partial charge is 0.342 e. The summed E-state index contributed by atoms with van der Waals surface area (Å²) in [6.07, 6.45) is 0. The average Bonchev–Trinajstić information content (AvgIpc) is 3.08. The van der Waals surface area contributed by atoms with Gasteiger partial charge in [0.25, 0.3) is 0 Å². The third-order valence-corrected chi connectivity index (χ3v) is 5.67. The van der Waals surface area contributed by atoms with Crippen LogP contribution in [0.5, 0.6) is 0 Å². The lowest BCUT2D eigenvalue weighted by Gasteiger charge is -2.23. The molecule has 27 heavy (non-hydrogen) atoms. The molecule has 0 aliphatic carbocycles. The van der Waals surface area contributed by atoms with Crippen LogP contribution in [0, 0.1) is 5.82 Å². The van der Waals surface area contributed by atoms with Gasteiger partial charge in [-0.3, -0.25) is 9.59 Å². The van der Waals surface area contributed by atoms with Gasteiger partial charge in [-0.15, -0.1) is 10.2 Å². The van der Waals surface area contributed by atoms with Crippen molar-refractivity contribution in [3.8, 4) is 0 Å². The first-order valence-corrected chi connectivity index (χ1v) is 10.2. The number of carbonyl (C=O) groups excluding carboxylic acids is 2. The summed E-state index contributed by atoms with van der Waals surface area (Å²) in [5.41, 5.74) is 0.577. The summed E-state index contributed by atoms with van der Waals surface area (Å²) in [6.45, 7) is 5.12. The van der Waals surface area contributed by atoms with Gasteiger partial charge in [-0.05, 0) is 32.0 Å². The van der Waals surface area contributed by atoms with Crippen molar-refractivity contribution in [2.75, 3.05) is 37.8 Å². The number of rotatable bonds is 9. The molecule has 1 aromatic heterocycles. The Kier molecular flexibility index (Phi) is 7.99. The molecule has 2 rings (SSSR count). The maximum Gasteiger partial charge on any atom is 0.242 e. The van der Waals surface area contributed by atoms with Crippen LogP contribution in [-0.2, 0) is 9.59 Å². The summed E-state index contributed by atoms with van der Waals surface area (Å²) < 4.78 is 13.8. The van der Waals surface area contributed by atoms with E-state index in [4.69, 9.17) is 0 Å². The quantitative estimate of drug-likeness (QED) is 0.640. The fraction of sp³-hybridized carbons (Fsp3) is 0.412. The van der Waals surface area contributed by atoms with Crippen LogP contribution in [-0.4, -0.2) is 64.2 Å². The number of halogens is 1. The van der Waals surface area contributed by atoms with Gasteiger partial charge in [-0.1, -0.05) is 29.2 Å². The molecule has 0 unspecified atom stereocenters. The Morgan fingerprint density at radius 1 is 1.22 bits per heavy atom. The van der Waals surface area contributed by atoms with Gasteiger partial charge in [0, 0.05) is 25.8 Å². The second-order valence-electron chi connectivity index (χ2n) is 5.61. The monoisotopic (exact) mass is 411 g/mol. The highest BCUT2D eigenvalue weighted by Gasteiger charge is 2.17. The van der Waals surface area contributed by atoms with E-state index >= 15 is 0 Å². The van der Waals surface area contributed by atoms with Gasteiger partial charge < -0.3 is 15.1 Å². The minimum Gasteiger partial charge on any atom is -0.342 e. The van der Waals surface area contributed by atoms with Crippen LogP contribution in [0.4, 0.5) is 15.2 Å². The highest BCUT2D eigenvalue weighted by atomic mass is 32.2. The summed E-state index contributed by atoms with van der Waals surface area (Å²) in [5.74, 6) is -0.405. The highest BCUT2D eigenvalue weighted by Crippen LogP contribution is 2.27. The van der Waals surface area contributed by atoms with E-state index in [1.54, 1.807) is 24.1 Å². The smallest absolute Gasteiger partial charge is 0.242 e. The molecule has 0 spiro atoms. The molecule has 146 valence electrons. The highest BCUT2D eigenvalue weighted by molar-refractivity contribution is 8.01. The number of thioether (sulfide) groups is 1. The van der Waals surface area contributed by atoms with Crippen LogP contribution < -0.4 is 5.32 Å². The Morgan fingerprint density at radius 2 is 1.96 bits per heavy atom. The first-order chi connectivity index (χ1) is 12.9. The number of anilines is 2. The van der Waals surface area contributed by atoms with Crippen molar-refractivity contribution in [1.82, 2.24) is 20.0 Å². The molecule has 2 aromatic rings. The maximum absolute atomic E-state index is 13.2. The third-order valence-electron chi connectivity index (χ3n) is 3.72. The normalized spacial score (nSPS) is 10.5. The first kappa shape index (κ1) is 21.1. The van der Waals surface area contributed by atoms with E-state index in [0.29, 0.717) is 28.2 Å². The van der Waals surface area contributed by atoms with E-state index in [9.17, 15) is 14.0 Å². The Hall–Kier alpha value is -2.20. The van der Waals surface area contributed by atoms with Crippen LogP contribution >= 0.6 is 23.1 Å². The standard InChI is InChI=1S/C17H22FN5O2S2/c1-4-23(5-2)14(24)10-22(3)15(25)11-26-17-21-20-16(27-17)19-13-8-6-7-12(18)9-13/h6-9H,4-5,10-11H2,1-3H3,(H,19,20). The molecule has 0 atom stereocenters. The number of aromatic nitrogens is 2. The maximum atomic E-state index is 13.2. The van der Waals surface area contributed by atoms with Crippen LogP contribution in [0.25, 0.3) is 0 Å². The van der Waals surface area contributed by atoms with Gasteiger partial charge >= 0.3 is 0 Å². The van der Waals surface area contributed by atoms with Crippen molar-refractivity contribution < 1.29 is 14.0 Å². The molecule has 0 radical (unpaired) electrons. The summed E-state index contributed by atoms with van der Waals surface area (Å²) in [6, 6.07) is 6.05. The van der Waals surface area contributed by atoms with Crippen molar-refractivity contribution in [3.63, 3.8) is 0 Å². The number of carbonyl (C=O) groups is 2. The number of likely N-dealkylation sites (N-methyl/N-ethyl adjacent to an activating group) is 2. The lowest BCUT2D eigenvalue weighted by atomic mass is 10.3. The molecule has 1 N–H and O–H groups in total. The molecule has 0 aliphatic heterocycles. The zero-order valence-corrected chi connectivity index (χ0v) is 17.1. The van der Waals surface area contributed by atoms with Gasteiger partial charge in [0.2, 0.25) is 16.9 Å². The molecule has 0 bridgehead atoms. The Labute approximate surface area is 166 Å². The SMILES string of the molecule is CCN(CC)C(=O)CN(C)C(=O)CSc1nnc(Nc2cccc(F)c2)s1. The average molecular weight is 412 g/mol. The fourth-order valence-corrected chi connectivity index (χ4v) is 3.92. The second kappa shape index (κ2) is 10.2. The van der Waals surface area contributed by atoms with Crippen molar-refractivity contribution >= 4 is 45.7 Å². The number of nitrogens with zero attached hydrogens (tertiary/aromatic N) is 4. The zero-order valence-electron chi connectivity index (χ0n) is 15.4. The predicted molar refractivity (Wildman–Crippen MR) is 106 cm³/mol. The van der Waals surface area contributed by atoms with Crippen molar-refractivity contribution in [2.45, 2.75) is 18.2 Å². The fourth-order valence-electron chi connectivity index (χ4n) is 2.21. The van der Waals surface area contributed by atoms with Gasteiger partial charge in [0.15, 0.2) is 4.34 Å². The molecular weight excluding hydrogens is 389 g/mol. The molecule has 2 amide bonds. The molecular formula is C17H22FN5O2S2. The van der Waals surface area contributed by atoms with Gasteiger partial charge in [-0.25, -0.2) is 4.39 Å². The summed E-state index contributed by atoms with van der Waals surface area (Å²) >= 11 is 2.53. The number of hydrogen-bond donors (Lipinski definition) is 1. The first-order valence-electron chi connectivity index (χ1n) is 8.43. The molecule has 7 nitrogen and oxygen atoms in total. The van der Waals surface area contributed by atoms with E-state index in [0.717, 1.165) is 0 Å². The summed E-state index contributed by atoms with van der Waals surface area (Å²) in [4.78, 5) is 27.4. The number of hydrogen-bond acceptors (Lipinski definition) is 7. The van der Waals surface area contributed by atoms with Gasteiger partial charge in [0.1, 0.15) is 5.82 Å². The van der Waals surface area contributed by atoms with Crippen molar-refractivity contribution in [1.29, 1.82) is 0 Å². The number of benzene rings is 1. The summed E-state index contributed by atoms with van der Waals surface area (Å²) in [7, 11) is 1.61.